The van der Waals surface area contributed by atoms with E-state index in [2.05, 4.69) is 43.4 Å². The number of benzene rings is 1. The summed E-state index contributed by atoms with van der Waals surface area (Å²) < 4.78 is 0. The maximum atomic E-state index is 9.91. The number of anilines is 1. The van der Waals surface area contributed by atoms with Gasteiger partial charge < -0.3 is 10.4 Å². The van der Waals surface area contributed by atoms with Crippen molar-refractivity contribution in [3.8, 4) is 0 Å². The summed E-state index contributed by atoms with van der Waals surface area (Å²) in [7, 11) is 0. The molecule has 1 aromatic carbocycles. The standard InChI is InChI=1S/C15H23NO/c1-11(2)12-7-9-13(10-8-12)16-14-5-3-4-6-15(14)17/h7-11,14-17H,3-6H2,1-2H3/t14-,15-/m0/s1. The molecule has 0 unspecified atom stereocenters. The van der Waals surface area contributed by atoms with Gasteiger partial charge in [-0.25, -0.2) is 0 Å². The monoisotopic (exact) mass is 233 g/mol. The lowest BCUT2D eigenvalue weighted by atomic mass is 9.92. The van der Waals surface area contributed by atoms with Gasteiger partial charge in [0.05, 0.1) is 12.1 Å². The van der Waals surface area contributed by atoms with Crippen molar-refractivity contribution >= 4 is 5.69 Å². The van der Waals surface area contributed by atoms with Crippen LogP contribution in [-0.4, -0.2) is 17.3 Å². The van der Waals surface area contributed by atoms with Crippen molar-refractivity contribution < 1.29 is 5.11 Å². The van der Waals surface area contributed by atoms with Crippen LogP contribution in [0, 0.1) is 0 Å². The van der Waals surface area contributed by atoms with Crippen LogP contribution in [0.2, 0.25) is 0 Å². The van der Waals surface area contributed by atoms with Crippen molar-refractivity contribution in [2.75, 3.05) is 5.32 Å². The SMILES string of the molecule is CC(C)c1ccc(N[C@H]2CCCC[C@@H]2O)cc1. The summed E-state index contributed by atoms with van der Waals surface area (Å²) in [5.74, 6) is 0.573. The molecule has 0 amide bonds. The Morgan fingerprint density at radius 3 is 2.35 bits per heavy atom. The van der Waals surface area contributed by atoms with Gasteiger partial charge in [-0.15, -0.1) is 0 Å². The zero-order valence-electron chi connectivity index (χ0n) is 10.8. The van der Waals surface area contributed by atoms with Gasteiger partial charge in [0.1, 0.15) is 0 Å². The second kappa shape index (κ2) is 5.54. The Morgan fingerprint density at radius 1 is 1.12 bits per heavy atom. The predicted molar refractivity (Wildman–Crippen MR) is 72.4 cm³/mol. The molecular formula is C15H23NO. The molecule has 0 bridgehead atoms. The second-order valence-electron chi connectivity index (χ2n) is 5.38. The van der Waals surface area contributed by atoms with Gasteiger partial charge in [-0.3, -0.25) is 0 Å². The third-order valence-electron chi connectivity index (χ3n) is 3.66. The Kier molecular flexibility index (Phi) is 4.06. The molecule has 0 heterocycles. The summed E-state index contributed by atoms with van der Waals surface area (Å²) in [6.07, 6.45) is 4.20. The predicted octanol–water partition coefficient (Wildman–Crippen LogP) is 3.53. The largest absolute Gasteiger partial charge is 0.391 e. The molecule has 94 valence electrons. The maximum Gasteiger partial charge on any atom is 0.0741 e. The van der Waals surface area contributed by atoms with Crippen molar-refractivity contribution in [1.82, 2.24) is 0 Å². The van der Waals surface area contributed by atoms with E-state index < -0.39 is 0 Å². The summed E-state index contributed by atoms with van der Waals surface area (Å²) in [6, 6.07) is 8.81. The van der Waals surface area contributed by atoms with E-state index in [1.165, 1.54) is 12.0 Å². The Hall–Kier alpha value is -1.02. The fourth-order valence-corrected chi connectivity index (χ4v) is 2.46. The number of hydrogen-bond donors (Lipinski definition) is 2. The van der Waals surface area contributed by atoms with Gasteiger partial charge in [0.25, 0.3) is 0 Å². The van der Waals surface area contributed by atoms with Crippen molar-refractivity contribution in [2.45, 2.75) is 57.6 Å². The molecule has 2 nitrogen and oxygen atoms in total. The number of aliphatic hydroxyl groups is 1. The first-order valence-corrected chi connectivity index (χ1v) is 6.71. The van der Waals surface area contributed by atoms with Crippen molar-refractivity contribution in [3.05, 3.63) is 29.8 Å². The summed E-state index contributed by atoms with van der Waals surface area (Å²) in [6.45, 7) is 4.40. The highest BCUT2D eigenvalue weighted by molar-refractivity contribution is 5.46. The Labute approximate surface area is 104 Å². The average molecular weight is 233 g/mol. The van der Waals surface area contributed by atoms with E-state index >= 15 is 0 Å². The third-order valence-corrected chi connectivity index (χ3v) is 3.66. The molecule has 1 aromatic rings. The van der Waals surface area contributed by atoms with Crippen molar-refractivity contribution in [3.63, 3.8) is 0 Å². The van der Waals surface area contributed by atoms with E-state index in [0.29, 0.717) is 5.92 Å². The van der Waals surface area contributed by atoms with E-state index in [0.717, 1.165) is 24.9 Å². The molecule has 0 radical (unpaired) electrons. The average Bonchev–Trinajstić information content (AvgIpc) is 2.33. The van der Waals surface area contributed by atoms with Crippen LogP contribution in [-0.2, 0) is 0 Å². The van der Waals surface area contributed by atoms with Crippen molar-refractivity contribution in [1.29, 1.82) is 0 Å². The zero-order chi connectivity index (χ0) is 12.3. The highest BCUT2D eigenvalue weighted by Crippen LogP contribution is 2.23. The first-order valence-electron chi connectivity index (χ1n) is 6.71. The van der Waals surface area contributed by atoms with Gasteiger partial charge in [-0.1, -0.05) is 38.8 Å². The zero-order valence-corrected chi connectivity index (χ0v) is 10.8. The summed E-state index contributed by atoms with van der Waals surface area (Å²) in [5.41, 5.74) is 2.49. The molecule has 2 rings (SSSR count). The fraction of sp³-hybridized carbons (Fsp3) is 0.600. The molecule has 1 aliphatic carbocycles. The highest BCUT2D eigenvalue weighted by Gasteiger charge is 2.22. The molecule has 2 atom stereocenters. The Bertz CT molecular complexity index is 344. The molecule has 2 N–H and O–H groups in total. The fourth-order valence-electron chi connectivity index (χ4n) is 2.46. The smallest absolute Gasteiger partial charge is 0.0741 e. The lowest BCUT2D eigenvalue weighted by Gasteiger charge is -2.29. The van der Waals surface area contributed by atoms with Crippen LogP contribution in [0.15, 0.2) is 24.3 Å². The van der Waals surface area contributed by atoms with E-state index in [4.69, 9.17) is 0 Å². The Balaban J connectivity index is 1.98. The van der Waals surface area contributed by atoms with Crippen LogP contribution in [0.25, 0.3) is 0 Å². The van der Waals surface area contributed by atoms with Crippen LogP contribution >= 0.6 is 0 Å². The Morgan fingerprint density at radius 2 is 1.76 bits per heavy atom. The van der Waals surface area contributed by atoms with Gasteiger partial charge in [0.15, 0.2) is 0 Å². The first-order chi connectivity index (χ1) is 8.16. The molecule has 1 aliphatic rings. The molecule has 17 heavy (non-hydrogen) atoms. The highest BCUT2D eigenvalue weighted by atomic mass is 16.3. The van der Waals surface area contributed by atoms with E-state index in [-0.39, 0.29) is 12.1 Å². The van der Waals surface area contributed by atoms with Gasteiger partial charge >= 0.3 is 0 Å². The lowest BCUT2D eigenvalue weighted by molar-refractivity contribution is 0.116. The van der Waals surface area contributed by atoms with Crippen LogP contribution in [0.3, 0.4) is 0 Å². The van der Waals surface area contributed by atoms with Crippen LogP contribution in [0.4, 0.5) is 5.69 Å². The van der Waals surface area contributed by atoms with Crippen LogP contribution < -0.4 is 5.32 Å². The van der Waals surface area contributed by atoms with Gasteiger partial charge in [0, 0.05) is 5.69 Å². The van der Waals surface area contributed by atoms with Gasteiger partial charge in [-0.05, 0) is 36.5 Å². The summed E-state index contributed by atoms with van der Waals surface area (Å²) >= 11 is 0. The molecule has 2 heteroatoms. The van der Waals surface area contributed by atoms with Crippen LogP contribution in [0.5, 0.6) is 0 Å². The third kappa shape index (κ3) is 3.22. The first kappa shape index (κ1) is 12.4. The topological polar surface area (TPSA) is 32.3 Å². The molecular weight excluding hydrogens is 210 g/mol. The summed E-state index contributed by atoms with van der Waals surface area (Å²) in [5, 5.41) is 13.4. The minimum absolute atomic E-state index is 0.187. The number of rotatable bonds is 3. The van der Waals surface area contributed by atoms with E-state index in [1.54, 1.807) is 0 Å². The number of aliphatic hydroxyl groups excluding tert-OH is 1. The maximum absolute atomic E-state index is 9.91. The van der Waals surface area contributed by atoms with Crippen LogP contribution in [0.1, 0.15) is 51.0 Å². The normalized spacial score (nSPS) is 24.9. The molecule has 1 fully saturated rings. The minimum atomic E-state index is -0.187. The molecule has 0 saturated heterocycles. The minimum Gasteiger partial charge on any atom is -0.391 e. The molecule has 0 spiro atoms. The lowest BCUT2D eigenvalue weighted by Crippen LogP contribution is -2.36. The quantitative estimate of drug-likeness (QED) is 0.837. The van der Waals surface area contributed by atoms with Crippen molar-refractivity contribution in [2.24, 2.45) is 0 Å². The second-order valence-corrected chi connectivity index (χ2v) is 5.38. The number of nitrogens with one attached hydrogen (secondary N) is 1. The molecule has 0 aromatic heterocycles. The molecule has 1 saturated carbocycles. The summed E-state index contributed by atoms with van der Waals surface area (Å²) in [4.78, 5) is 0. The van der Waals surface area contributed by atoms with E-state index in [9.17, 15) is 5.11 Å². The number of hydrogen-bond acceptors (Lipinski definition) is 2. The molecule has 0 aliphatic heterocycles. The van der Waals surface area contributed by atoms with Gasteiger partial charge in [0.2, 0.25) is 0 Å². The van der Waals surface area contributed by atoms with E-state index in [1.807, 2.05) is 0 Å². The van der Waals surface area contributed by atoms with Gasteiger partial charge in [-0.2, -0.15) is 0 Å².